The highest BCUT2D eigenvalue weighted by atomic mass is 19.1. The predicted molar refractivity (Wildman–Crippen MR) is 169 cm³/mol. The largest absolute Gasteiger partial charge is 0.443 e. The third-order valence-corrected chi connectivity index (χ3v) is 7.65. The Morgan fingerprint density at radius 1 is 1.09 bits per heavy atom. The molecule has 0 unspecified atom stereocenters. The number of imide groups is 1. The number of aromatic nitrogens is 3. The summed E-state index contributed by atoms with van der Waals surface area (Å²) in [4.78, 5) is 39.0. The van der Waals surface area contributed by atoms with Gasteiger partial charge in [0.2, 0.25) is 0 Å². The summed E-state index contributed by atoms with van der Waals surface area (Å²) >= 11 is 0. The minimum absolute atomic E-state index is 0.144. The molecule has 11 heteroatoms. The van der Waals surface area contributed by atoms with Crippen molar-refractivity contribution < 1.29 is 23.8 Å². The van der Waals surface area contributed by atoms with Crippen LogP contribution in [-0.4, -0.2) is 61.3 Å². The number of aliphatic hydroxyl groups excluding tert-OH is 1. The van der Waals surface area contributed by atoms with Gasteiger partial charge in [-0.1, -0.05) is 13.8 Å². The van der Waals surface area contributed by atoms with Crippen LogP contribution in [0.1, 0.15) is 63.4 Å². The number of anilines is 3. The van der Waals surface area contributed by atoms with Gasteiger partial charge in [0.15, 0.2) is 0 Å². The normalized spacial score (nSPS) is 15.2. The van der Waals surface area contributed by atoms with E-state index in [0.29, 0.717) is 35.4 Å². The molecule has 44 heavy (non-hydrogen) atoms. The van der Waals surface area contributed by atoms with Crippen molar-refractivity contribution in [3.05, 3.63) is 65.9 Å². The highest BCUT2D eigenvalue weighted by molar-refractivity contribution is 6.12. The molecule has 0 radical (unpaired) electrons. The van der Waals surface area contributed by atoms with Gasteiger partial charge < -0.3 is 24.6 Å². The van der Waals surface area contributed by atoms with E-state index in [1.165, 1.54) is 6.07 Å². The van der Waals surface area contributed by atoms with Crippen LogP contribution in [0.5, 0.6) is 0 Å². The molecular weight excluding hydrogens is 563 g/mol. The quantitative estimate of drug-likeness (QED) is 0.276. The Morgan fingerprint density at radius 3 is 2.48 bits per heavy atom. The number of benzene rings is 1. The molecule has 0 aliphatic carbocycles. The van der Waals surface area contributed by atoms with Crippen LogP contribution in [0.2, 0.25) is 0 Å². The number of nitrogens with zero attached hydrogens (tertiary/aromatic N) is 5. The van der Waals surface area contributed by atoms with Crippen molar-refractivity contribution in [2.24, 2.45) is 7.05 Å². The Labute approximate surface area is 256 Å². The van der Waals surface area contributed by atoms with Gasteiger partial charge in [-0.2, -0.15) is 0 Å². The first kappa shape index (κ1) is 30.9. The molecule has 4 aromatic rings. The smallest absolute Gasteiger partial charge is 0.417 e. The van der Waals surface area contributed by atoms with Crippen molar-refractivity contribution in [1.82, 2.24) is 19.4 Å². The minimum Gasteiger partial charge on any atom is -0.443 e. The number of hydrogen-bond donors (Lipinski definition) is 2. The van der Waals surface area contributed by atoms with Gasteiger partial charge in [0.1, 0.15) is 22.9 Å². The fourth-order valence-corrected chi connectivity index (χ4v) is 5.62. The number of ether oxygens (including phenoxy) is 1. The van der Waals surface area contributed by atoms with Gasteiger partial charge in [0.05, 0.1) is 35.8 Å². The molecular formula is C33H39FN6O4. The van der Waals surface area contributed by atoms with Gasteiger partial charge in [-0.05, 0) is 75.1 Å². The van der Waals surface area contributed by atoms with E-state index in [4.69, 9.17) is 4.74 Å². The number of carbonyl (C=O) groups is 2. The molecule has 2 N–H and O–H groups in total. The maximum Gasteiger partial charge on any atom is 0.417 e. The van der Waals surface area contributed by atoms with E-state index in [9.17, 15) is 14.7 Å². The molecule has 10 nitrogen and oxygen atoms in total. The number of nitrogens with one attached hydrogen (secondary N) is 1. The molecule has 1 fully saturated rings. The zero-order valence-electron chi connectivity index (χ0n) is 26.0. The maximum absolute atomic E-state index is 16.1. The fraction of sp³-hybridized carbons (Fsp3) is 0.394. The second-order valence-corrected chi connectivity index (χ2v) is 11.8. The number of piperidine rings is 1. The third-order valence-electron chi connectivity index (χ3n) is 7.65. The molecule has 1 saturated heterocycles. The van der Waals surface area contributed by atoms with E-state index in [2.05, 4.69) is 20.2 Å². The van der Waals surface area contributed by atoms with E-state index >= 15 is 4.39 Å². The van der Waals surface area contributed by atoms with Gasteiger partial charge in [0, 0.05) is 43.5 Å². The van der Waals surface area contributed by atoms with Gasteiger partial charge in [-0.25, -0.2) is 24.1 Å². The summed E-state index contributed by atoms with van der Waals surface area (Å²) in [5, 5.41) is 13.7. The summed E-state index contributed by atoms with van der Waals surface area (Å²) in [6, 6.07) is 8.51. The van der Waals surface area contributed by atoms with Crippen LogP contribution in [0.4, 0.5) is 26.4 Å². The molecule has 6 rings (SSSR count). The lowest BCUT2D eigenvalue weighted by Gasteiger charge is -2.31. The zero-order chi connectivity index (χ0) is 31.8. The predicted octanol–water partition coefficient (Wildman–Crippen LogP) is 6.40. The van der Waals surface area contributed by atoms with Crippen molar-refractivity contribution in [2.75, 3.05) is 23.3 Å². The molecule has 2 aliphatic rings. The summed E-state index contributed by atoms with van der Waals surface area (Å²) < 4.78 is 23.5. The molecule has 3 aromatic heterocycles. The average molecular weight is 603 g/mol. The van der Waals surface area contributed by atoms with Crippen molar-refractivity contribution in [3.63, 3.8) is 0 Å². The van der Waals surface area contributed by atoms with Crippen LogP contribution in [0.25, 0.3) is 22.2 Å². The highest BCUT2D eigenvalue weighted by Crippen LogP contribution is 2.42. The molecule has 0 spiro atoms. The lowest BCUT2D eigenvalue weighted by molar-refractivity contribution is 0.0248. The number of aliphatic hydroxyl groups is 1. The summed E-state index contributed by atoms with van der Waals surface area (Å²) in [5.74, 6) is -0.706. The standard InChI is InChI=1S/C31H33FN6O4.C2H6/c1-31(2,3)42-30(41)38-17-22-26(20-7-11-33-28-21(20)10-12-36(28)4)23(32)15-24(27(22)29(38)40)35-25-6-5-18(16-34-25)37-13-8-19(39)9-14-37;1-2/h5-7,10-12,15-16,19,39H,8-9,13-14,17H2,1-4H3,(H,34,35);1-2H3. The molecule has 232 valence electrons. The number of rotatable bonds is 4. The molecule has 2 aliphatic heterocycles. The van der Waals surface area contributed by atoms with Crippen LogP contribution in [0.15, 0.2) is 48.9 Å². The molecule has 2 amide bonds. The number of hydrogen-bond acceptors (Lipinski definition) is 8. The Bertz CT molecular complexity index is 1690. The van der Waals surface area contributed by atoms with E-state index in [1.54, 1.807) is 45.3 Å². The second kappa shape index (κ2) is 12.2. The van der Waals surface area contributed by atoms with Crippen molar-refractivity contribution in [1.29, 1.82) is 0 Å². The summed E-state index contributed by atoms with van der Waals surface area (Å²) in [6.45, 7) is 10.5. The van der Waals surface area contributed by atoms with Gasteiger partial charge in [0.25, 0.3) is 5.91 Å². The number of pyridine rings is 2. The Morgan fingerprint density at radius 2 is 1.82 bits per heavy atom. The third kappa shape index (κ3) is 5.96. The highest BCUT2D eigenvalue weighted by Gasteiger charge is 2.40. The van der Waals surface area contributed by atoms with E-state index in [0.717, 1.165) is 29.1 Å². The van der Waals surface area contributed by atoms with Crippen LogP contribution in [0.3, 0.4) is 0 Å². The first-order valence-electron chi connectivity index (χ1n) is 15.0. The van der Waals surface area contributed by atoms with Crippen molar-refractivity contribution in [2.45, 2.75) is 65.7 Å². The lowest BCUT2D eigenvalue weighted by atomic mass is 9.93. The molecule has 0 bridgehead atoms. The summed E-state index contributed by atoms with van der Waals surface area (Å²) in [6.07, 6.45) is 5.47. The Kier molecular flexibility index (Phi) is 8.60. The zero-order valence-corrected chi connectivity index (χ0v) is 26.0. The first-order valence-corrected chi connectivity index (χ1v) is 15.0. The number of halogens is 1. The first-order chi connectivity index (χ1) is 21.0. The topological polar surface area (TPSA) is 113 Å². The molecule has 1 aromatic carbocycles. The average Bonchev–Trinajstić information content (AvgIpc) is 3.54. The van der Waals surface area contributed by atoms with E-state index in [1.807, 2.05) is 43.8 Å². The van der Waals surface area contributed by atoms with Crippen LogP contribution in [-0.2, 0) is 18.3 Å². The number of amides is 2. The summed E-state index contributed by atoms with van der Waals surface area (Å²) in [5.41, 5.74) is 2.36. The second-order valence-electron chi connectivity index (χ2n) is 11.8. The molecule has 0 saturated carbocycles. The minimum atomic E-state index is -0.819. The number of aryl methyl sites for hydroxylation is 1. The van der Waals surface area contributed by atoms with E-state index in [-0.39, 0.29) is 29.5 Å². The van der Waals surface area contributed by atoms with Crippen molar-refractivity contribution in [3.8, 4) is 11.1 Å². The SMILES string of the molecule is CC.Cn1ccc2c(-c3c(F)cc(Nc4ccc(N5CCC(O)CC5)cn4)c4c3CN(C(=O)OC(C)(C)C)C4=O)ccnc21. The van der Waals surface area contributed by atoms with Crippen LogP contribution < -0.4 is 10.2 Å². The van der Waals surface area contributed by atoms with Crippen LogP contribution >= 0.6 is 0 Å². The van der Waals surface area contributed by atoms with Gasteiger partial charge in [-0.3, -0.25) is 4.79 Å². The lowest BCUT2D eigenvalue weighted by Crippen LogP contribution is -2.37. The van der Waals surface area contributed by atoms with Gasteiger partial charge >= 0.3 is 6.09 Å². The van der Waals surface area contributed by atoms with Crippen molar-refractivity contribution >= 4 is 40.2 Å². The van der Waals surface area contributed by atoms with E-state index < -0.39 is 23.4 Å². The number of carbonyl (C=O) groups excluding carboxylic acids is 2. The monoisotopic (exact) mass is 602 g/mol. The fourth-order valence-electron chi connectivity index (χ4n) is 5.62. The van der Waals surface area contributed by atoms with Crippen LogP contribution in [0, 0.1) is 5.82 Å². The Hall–Kier alpha value is -4.51. The maximum atomic E-state index is 16.1. The van der Waals surface area contributed by atoms with Gasteiger partial charge in [-0.15, -0.1) is 0 Å². The molecule has 5 heterocycles. The Balaban J connectivity index is 0.00000188. The molecule has 0 atom stereocenters. The number of fused-ring (bicyclic) bond motifs is 2. The summed E-state index contributed by atoms with van der Waals surface area (Å²) in [7, 11) is 1.85.